The van der Waals surface area contributed by atoms with E-state index in [1.165, 1.54) is 11.8 Å². The van der Waals surface area contributed by atoms with Crippen molar-refractivity contribution in [3.05, 3.63) is 65.5 Å². The number of amides is 1. The fourth-order valence-electron chi connectivity index (χ4n) is 2.81. The van der Waals surface area contributed by atoms with Gasteiger partial charge in [0.2, 0.25) is 0 Å². The fraction of sp³-hybridized carbons (Fsp3) is 0.211. The maximum atomic E-state index is 12.6. The van der Waals surface area contributed by atoms with Gasteiger partial charge < -0.3 is 10.1 Å². The van der Waals surface area contributed by atoms with Crippen LogP contribution in [0.3, 0.4) is 0 Å². The van der Waals surface area contributed by atoms with Gasteiger partial charge in [-0.1, -0.05) is 36.4 Å². The first kappa shape index (κ1) is 16.7. The smallest absolute Gasteiger partial charge is 0.333 e. The third kappa shape index (κ3) is 3.38. The first-order valence-electron chi connectivity index (χ1n) is 7.87. The van der Waals surface area contributed by atoms with Crippen LogP contribution in [0.25, 0.3) is 10.8 Å². The average molecular weight is 337 g/mol. The minimum atomic E-state index is -0.891. The van der Waals surface area contributed by atoms with Crippen LogP contribution in [0.4, 0.5) is 0 Å². The molecule has 1 aromatic heterocycles. The molecule has 0 aliphatic carbocycles. The number of benzene rings is 2. The standard InChI is InChI=1S/C19H19N3O3/c1-12-10-16(22(2)21-12)18(23)20-17(19(24)25-3)15-9-8-13-6-4-5-7-14(13)11-15/h4-11,17H,1-3H3,(H,20,23)/t17-/m0/s1. The van der Waals surface area contributed by atoms with Crippen molar-refractivity contribution in [2.45, 2.75) is 13.0 Å². The summed E-state index contributed by atoms with van der Waals surface area (Å²) in [7, 11) is 2.99. The number of nitrogens with one attached hydrogen (secondary N) is 1. The van der Waals surface area contributed by atoms with Crippen molar-refractivity contribution in [1.29, 1.82) is 0 Å². The minimum Gasteiger partial charge on any atom is -0.467 e. The van der Waals surface area contributed by atoms with Gasteiger partial charge in [0, 0.05) is 7.05 Å². The van der Waals surface area contributed by atoms with Crippen molar-refractivity contribution >= 4 is 22.6 Å². The lowest BCUT2D eigenvalue weighted by Crippen LogP contribution is -2.35. The Morgan fingerprint density at radius 2 is 1.84 bits per heavy atom. The number of fused-ring (bicyclic) bond motifs is 1. The number of carbonyl (C=O) groups is 2. The van der Waals surface area contributed by atoms with Crippen molar-refractivity contribution in [2.24, 2.45) is 7.05 Å². The van der Waals surface area contributed by atoms with Gasteiger partial charge in [0.1, 0.15) is 5.69 Å². The number of hydrogen-bond donors (Lipinski definition) is 1. The van der Waals surface area contributed by atoms with Gasteiger partial charge >= 0.3 is 5.97 Å². The van der Waals surface area contributed by atoms with Crippen LogP contribution in [0.5, 0.6) is 0 Å². The molecule has 0 saturated carbocycles. The van der Waals surface area contributed by atoms with Gasteiger partial charge in [-0.3, -0.25) is 9.48 Å². The Bertz CT molecular complexity index is 946. The molecule has 0 radical (unpaired) electrons. The van der Waals surface area contributed by atoms with Crippen LogP contribution in [0.2, 0.25) is 0 Å². The maximum Gasteiger partial charge on any atom is 0.333 e. The highest BCUT2D eigenvalue weighted by Gasteiger charge is 2.25. The summed E-state index contributed by atoms with van der Waals surface area (Å²) in [5.41, 5.74) is 1.78. The second-order valence-electron chi connectivity index (χ2n) is 5.83. The van der Waals surface area contributed by atoms with Crippen molar-refractivity contribution in [2.75, 3.05) is 7.11 Å². The maximum absolute atomic E-state index is 12.6. The fourth-order valence-corrected chi connectivity index (χ4v) is 2.81. The minimum absolute atomic E-state index is 0.382. The molecule has 3 aromatic rings. The van der Waals surface area contributed by atoms with E-state index < -0.39 is 12.0 Å². The highest BCUT2D eigenvalue weighted by molar-refractivity contribution is 5.96. The molecular weight excluding hydrogens is 318 g/mol. The lowest BCUT2D eigenvalue weighted by molar-refractivity contribution is -0.143. The average Bonchev–Trinajstić information content (AvgIpc) is 2.96. The van der Waals surface area contributed by atoms with Gasteiger partial charge in [0.15, 0.2) is 6.04 Å². The van der Waals surface area contributed by atoms with Crippen LogP contribution in [-0.2, 0) is 16.6 Å². The van der Waals surface area contributed by atoms with E-state index in [2.05, 4.69) is 10.4 Å². The predicted molar refractivity (Wildman–Crippen MR) is 94.1 cm³/mol. The molecule has 0 bridgehead atoms. The Balaban J connectivity index is 1.95. The SMILES string of the molecule is COC(=O)[C@@H](NC(=O)c1cc(C)nn1C)c1ccc2ccccc2c1. The molecule has 2 aromatic carbocycles. The highest BCUT2D eigenvalue weighted by Crippen LogP contribution is 2.22. The molecule has 0 fully saturated rings. The number of methoxy groups -OCH3 is 1. The molecule has 1 heterocycles. The lowest BCUT2D eigenvalue weighted by atomic mass is 10.0. The Kier molecular flexibility index (Phi) is 4.52. The molecule has 0 aliphatic heterocycles. The molecule has 0 saturated heterocycles. The summed E-state index contributed by atoms with van der Waals surface area (Å²) in [5, 5.41) is 8.95. The number of aromatic nitrogens is 2. The van der Waals surface area contributed by atoms with Crippen molar-refractivity contribution in [1.82, 2.24) is 15.1 Å². The molecule has 6 nitrogen and oxygen atoms in total. The van der Waals surface area contributed by atoms with E-state index in [-0.39, 0.29) is 5.91 Å². The number of esters is 1. The Morgan fingerprint density at radius 3 is 2.48 bits per heavy atom. The van der Waals surface area contributed by atoms with E-state index in [1.54, 1.807) is 20.0 Å². The van der Waals surface area contributed by atoms with Crippen LogP contribution < -0.4 is 5.32 Å². The normalized spacial score (nSPS) is 12.0. The second-order valence-corrected chi connectivity index (χ2v) is 5.83. The number of aryl methyl sites for hydroxylation is 2. The molecule has 1 atom stereocenters. The van der Waals surface area contributed by atoms with E-state index in [4.69, 9.17) is 4.74 Å². The largest absolute Gasteiger partial charge is 0.467 e. The summed E-state index contributed by atoms with van der Waals surface area (Å²) >= 11 is 0. The van der Waals surface area contributed by atoms with Crippen molar-refractivity contribution < 1.29 is 14.3 Å². The third-order valence-corrected chi connectivity index (χ3v) is 4.05. The van der Waals surface area contributed by atoms with Gasteiger partial charge in [0.05, 0.1) is 12.8 Å². The summed E-state index contributed by atoms with van der Waals surface area (Å²) in [5.74, 6) is -0.908. The van der Waals surface area contributed by atoms with Crippen LogP contribution in [0.1, 0.15) is 27.8 Å². The Labute approximate surface area is 145 Å². The Morgan fingerprint density at radius 1 is 1.12 bits per heavy atom. The van der Waals surface area contributed by atoms with Gasteiger partial charge in [-0.25, -0.2) is 4.79 Å². The van der Waals surface area contributed by atoms with Crippen molar-refractivity contribution in [3.63, 3.8) is 0 Å². The Hall–Kier alpha value is -3.15. The summed E-state index contributed by atoms with van der Waals surface area (Å²) in [6.07, 6.45) is 0. The second kappa shape index (κ2) is 6.76. The molecule has 0 unspecified atom stereocenters. The van der Waals surface area contributed by atoms with Gasteiger partial charge in [-0.05, 0) is 35.4 Å². The number of carbonyl (C=O) groups excluding carboxylic acids is 2. The molecule has 1 N–H and O–H groups in total. The molecule has 0 aliphatic rings. The monoisotopic (exact) mass is 337 g/mol. The molecule has 6 heteroatoms. The topological polar surface area (TPSA) is 73.2 Å². The molecule has 25 heavy (non-hydrogen) atoms. The molecular formula is C19H19N3O3. The zero-order chi connectivity index (χ0) is 18.0. The summed E-state index contributed by atoms with van der Waals surface area (Å²) in [6.45, 7) is 1.80. The first-order valence-corrected chi connectivity index (χ1v) is 7.87. The number of ether oxygens (including phenoxy) is 1. The van der Waals surface area contributed by atoms with Gasteiger partial charge in [0.25, 0.3) is 5.91 Å². The van der Waals surface area contributed by atoms with E-state index >= 15 is 0 Å². The van der Waals surface area contributed by atoms with Gasteiger partial charge in [-0.2, -0.15) is 5.10 Å². The van der Waals surface area contributed by atoms with Crippen LogP contribution in [-0.4, -0.2) is 28.8 Å². The zero-order valence-electron chi connectivity index (χ0n) is 14.3. The zero-order valence-corrected chi connectivity index (χ0v) is 14.3. The summed E-state index contributed by atoms with van der Waals surface area (Å²) in [6, 6.07) is 14.2. The van der Waals surface area contributed by atoms with Crippen LogP contribution >= 0.6 is 0 Å². The molecule has 1 amide bonds. The number of nitrogens with zero attached hydrogens (tertiary/aromatic N) is 2. The van der Waals surface area contributed by atoms with Crippen molar-refractivity contribution in [3.8, 4) is 0 Å². The highest BCUT2D eigenvalue weighted by atomic mass is 16.5. The van der Waals surface area contributed by atoms with Crippen LogP contribution in [0, 0.1) is 6.92 Å². The lowest BCUT2D eigenvalue weighted by Gasteiger charge is -2.17. The molecule has 3 rings (SSSR count). The van der Waals surface area contributed by atoms with E-state index in [0.29, 0.717) is 11.3 Å². The first-order chi connectivity index (χ1) is 12.0. The van der Waals surface area contributed by atoms with E-state index in [1.807, 2.05) is 42.5 Å². The number of hydrogen-bond acceptors (Lipinski definition) is 4. The molecule has 128 valence electrons. The van der Waals surface area contributed by atoms with Crippen LogP contribution in [0.15, 0.2) is 48.5 Å². The third-order valence-electron chi connectivity index (χ3n) is 4.05. The van der Waals surface area contributed by atoms with E-state index in [0.717, 1.165) is 16.5 Å². The van der Waals surface area contributed by atoms with Gasteiger partial charge in [-0.15, -0.1) is 0 Å². The summed E-state index contributed by atoms with van der Waals surface area (Å²) in [4.78, 5) is 24.8. The number of rotatable bonds is 4. The summed E-state index contributed by atoms with van der Waals surface area (Å²) < 4.78 is 6.36. The predicted octanol–water partition coefficient (Wildman–Crippen LogP) is 2.53. The quantitative estimate of drug-likeness (QED) is 0.743. The molecule has 0 spiro atoms. The van der Waals surface area contributed by atoms with E-state index in [9.17, 15) is 9.59 Å².